The molecule has 82 valence electrons. The van der Waals surface area contributed by atoms with Crippen molar-refractivity contribution >= 4 is 0 Å². The van der Waals surface area contributed by atoms with Crippen molar-refractivity contribution in [3.05, 3.63) is 35.6 Å². The van der Waals surface area contributed by atoms with Crippen LogP contribution >= 0.6 is 0 Å². The quantitative estimate of drug-likeness (QED) is 0.762. The normalized spacial score (nSPS) is 24.2. The minimum Gasteiger partial charge on any atom is -0.379 e. The molecule has 0 atom stereocenters. The molecule has 0 spiro atoms. The topological polar surface area (TPSA) is 33.0 Å². The highest BCUT2D eigenvalue weighted by molar-refractivity contribution is 5.39. The summed E-state index contributed by atoms with van der Waals surface area (Å²) in [6.45, 7) is 1.09. The Labute approximate surface area is 93.6 Å². The van der Waals surface area contributed by atoms with Crippen molar-refractivity contribution in [1.29, 1.82) is 5.26 Å². The highest BCUT2D eigenvalue weighted by Crippen LogP contribution is 2.62. The van der Waals surface area contributed by atoms with Crippen LogP contribution in [0.1, 0.15) is 18.4 Å². The van der Waals surface area contributed by atoms with E-state index in [1.807, 2.05) is 6.07 Å². The van der Waals surface area contributed by atoms with Crippen molar-refractivity contribution in [1.82, 2.24) is 0 Å². The maximum atomic E-state index is 13.2. The van der Waals surface area contributed by atoms with Crippen LogP contribution in [0, 0.1) is 22.6 Å². The van der Waals surface area contributed by atoms with Crippen molar-refractivity contribution < 1.29 is 9.13 Å². The first kappa shape index (κ1) is 9.80. The Morgan fingerprint density at radius 1 is 1.31 bits per heavy atom. The van der Waals surface area contributed by atoms with Crippen LogP contribution in [-0.4, -0.2) is 13.2 Å². The van der Waals surface area contributed by atoms with E-state index in [1.165, 1.54) is 6.07 Å². The van der Waals surface area contributed by atoms with Gasteiger partial charge in [-0.3, -0.25) is 0 Å². The molecular weight excluding hydrogens is 205 g/mol. The summed E-state index contributed by atoms with van der Waals surface area (Å²) in [5.41, 5.74) is 0.348. The van der Waals surface area contributed by atoms with Crippen LogP contribution in [-0.2, 0) is 10.2 Å². The average molecular weight is 217 g/mol. The molecule has 1 aromatic carbocycles. The summed E-state index contributed by atoms with van der Waals surface area (Å²) in [5, 5.41) is 9.29. The van der Waals surface area contributed by atoms with Crippen molar-refractivity contribution in [2.75, 3.05) is 13.2 Å². The SMILES string of the molecule is N#CC1(C2(c3cccc(F)c3)COC2)CC1. The molecule has 1 heterocycles. The third-order valence-corrected chi connectivity index (χ3v) is 3.95. The smallest absolute Gasteiger partial charge is 0.123 e. The van der Waals surface area contributed by atoms with Crippen LogP contribution < -0.4 is 0 Å². The Bertz CT molecular complexity index is 469. The Balaban J connectivity index is 2.06. The molecule has 3 rings (SSSR count). The molecule has 0 N–H and O–H groups in total. The fourth-order valence-corrected chi connectivity index (χ4v) is 2.63. The van der Waals surface area contributed by atoms with E-state index in [9.17, 15) is 9.65 Å². The third-order valence-electron chi connectivity index (χ3n) is 3.95. The lowest BCUT2D eigenvalue weighted by Crippen LogP contribution is -2.53. The van der Waals surface area contributed by atoms with Gasteiger partial charge in [-0.1, -0.05) is 12.1 Å². The number of benzene rings is 1. The maximum absolute atomic E-state index is 13.2. The lowest BCUT2D eigenvalue weighted by Gasteiger charge is -2.45. The predicted octanol–water partition coefficient (Wildman–Crippen LogP) is 2.40. The molecule has 0 bridgehead atoms. The Morgan fingerprint density at radius 2 is 2.06 bits per heavy atom. The highest BCUT2D eigenvalue weighted by atomic mass is 19.1. The molecule has 1 saturated heterocycles. The van der Waals surface area contributed by atoms with E-state index in [1.54, 1.807) is 12.1 Å². The van der Waals surface area contributed by atoms with Gasteiger partial charge in [0.05, 0.1) is 30.1 Å². The minimum absolute atomic E-state index is 0.238. The van der Waals surface area contributed by atoms with Gasteiger partial charge in [-0.2, -0.15) is 5.26 Å². The number of hydrogen-bond donors (Lipinski definition) is 0. The largest absolute Gasteiger partial charge is 0.379 e. The van der Waals surface area contributed by atoms with Gasteiger partial charge >= 0.3 is 0 Å². The molecule has 0 radical (unpaired) electrons. The third kappa shape index (κ3) is 1.08. The van der Waals surface area contributed by atoms with Crippen molar-refractivity contribution in [2.24, 2.45) is 5.41 Å². The molecule has 3 heteroatoms. The fraction of sp³-hybridized carbons (Fsp3) is 0.462. The van der Waals surface area contributed by atoms with E-state index in [0.29, 0.717) is 13.2 Å². The zero-order valence-corrected chi connectivity index (χ0v) is 8.87. The summed E-state index contributed by atoms with van der Waals surface area (Å²) in [6, 6.07) is 9.00. The molecule has 0 aromatic heterocycles. The van der Waals surface area contributed by atoms with Gasteiger partial charge in [-0.05, 0) is 30.5 Å². The second-order valence-corrected chi connectivity index (χ2v) is 4.78. The first-order valence-electron chi connectivity index (χ1n) is 5.48. The molecule has 0 unspecified atom stereocenters. The van der Waals surface area contributed by atoms with Crippen LogP contribution in [0.5, 0.6) is 0 Å². The van der Waals surface area contributed by atoms with Gasteiger partial charge in [-0.15, -0.1) is 0 Å². The van der Waals surface area contributed by atoms with Crippen molar-refractivity contribution in [2.45, 2.75) is 18.3 Å². The number of rotatable bonds is 2. The van der Waals surface area contributed by atoms with Crippen molar-refractivity contribution in [3.63, 3.8) is 0 Å². The Morgan fingerprint density at radius 3 is 2.50 bits per heavy atom. The summed E-state index contributed by atoms with van der Waals surface area (Å²) >= 11 is 0. The fourth-order valence-electron chi connectivity index (χ4n) is 2.63. The molecule has 1 aliphatic heterocycles. The van der Waals surface area contributed by atoms with Crippen LogP contribution in [0.2, 0.25) is 0 Å². The lowest BCUT2D eigenvalue weighted by molar-refractivity contribution is -0.0868. The van der Waals surface area contributed by atoms with Crippen LogP contribution in [0.4, 0.5) is 4.39 Å². The zero-order valence-electron chi connectivity index (χ0n) is 8.87. The number of ether oxygens (including phenoxy) is 1. The first-order chi connectivity index (χ1) is 7.72. The van der Waals surface area contributed by atoms with Gasteiger partial charge in [0.25, 0.3) is 0 Å². The Hall–Kier alpha value is -1.40. The zero-order chi connectivity index (χ0) is 11.2. The molecule has 2 nitrogen and oxygen atoms in total. The average Bonchev–Trinajstić information content (AvgIpc) is 2.98. The molecule has 1 aliphatic carbocycles. The van der Waals surface area contributed by atoms with Gasteiger partial charge in [0.1, 0.15) is 5.82 Å². The van der Waals surface area contributed by atoms with Gasteiger partial charge in [0.15, 0.2) is 0 Å². The summed E-state index contributed by atoms with van der Waals surface area (Å²) in [6.07, 6.45) is 1.81. The second kappa shape index (κ2) is 3.05. The van der Waals surface area contributed by atoms with Gasteiger partial charge < -0.3 is 4.74 Å². The summed E-state index contributed by atoms with van der Waals surface area (Å²) in [5.74, 6) is -0.238. The molecule has 1 aromatic rings. The van der Waals surface area contributed by atoms with Crippen LogP contribution in [0.3, 0.4) is 0 Å². The molecule has 2 aliphatic rings. The number of nitriles is 1. The van der Waals surface area contributed by atoms with Crippen molar-refractivity contribution in [3.8, 4) is 6.07 Å². The lowest BCUT2D eigenvalue weighted by atomic mass is 9.66. The van der Waals surface area contributed by atoms with E-state index >= 15 is 0 Å². The number of hydrogen-bond acceptors (Lipinski definition) is 2. The standard InChI is InChI=1S/C13H12FNO/c14-11-3-1-2-10(6-11)13(8-16-9-13)12(7-15)4-5-12/h1-3,6H,4-5,8-9H2. The number of nitrogens with zero attached hydrogens (tertiary/aromatic N) is 1. The van der Waals surface area contributed by atoms with E-state index in [-0.39, 0.29) is 16.6 Å². The van der Waals surface area contributed by atoms with E-state index in [4.69, 9.17) is 4.74 Å². The molecule has 16 heavy (non-hydrogen) atoms. The molecule has 1 saturated carbocycles. The van der Waals surface area contributed by atoms with Crippen LogP contribution in [0.15, 0.2) is 24.3 Å². The highest BCUT2D eigenvalue weighted by Gasteiger charge is 2.64. The van der Waals surface area contributed by atoms with Gasteiger partial charge in [0.2, 0.25) is 0 Å². The Kier molecular flexibility index (Phi) is 1.87. The maximum Gasteiger partial charge on any atom is 0.123 e. The second-order valence-electron chi connectivity index (χ2n) is 4.78. The molecule has 2 fully saturated rings. The van der Waals surface area contributed by atoms with E-state index < -0.39 is 0 Å². The number of halogens is 1. The monoisotopic (exact) mass is 217 g/mol. The summed E-state index contributed by atoms with van der Waals surface area (Å²) in [4.78, 5) is 0. The van der Waals surface area contributed by atoms with E-state index in [0.717, 1.165) is 18.4 Å². The molecular formula is C13H12FNO. The molecule has 0 amide bonds. The van der Waals surface area contributed by atoms with Gasteiger partial charge in [0, 0.05) is 0 Å². The summed E-state index contributed by atoms with van der Waals surface area (Å²) < 4.78 is 18.5. The van der Waals surface area contributed by atoms with Gasteiger partial charge in [-0.25, -0.2) is 4.39 Å². The van der Waals surface area contributed by atoms with E-state index in [2.05, 4.69) is 6.07 Å². The first-order valence-corrected chi connectivity index (χ1v) is 5.48. The predicted molar refractivity (Wildman–Crippen MR) is 56.2 cm³/mol. The van der Waals surface area contributed by atoms with Crippen LogP contribution in [0.25, 0.3) is 0 Å². The minimum atomic E-state index is -0.307. The summed E-state index contributed by atoms with van der Waals surface area (Å²) in [7, 11) is 0.